The molecule has 0 aromatic carbocycles. The van der Waals surface area contributed by atoms with E-state index in [1.807, 2.05) is 0 Å². The molecule has 0 aliphatic rings. The third-order valence-corrected chi connectivity index (χ3v) is 6.56. The minimum atomic E-state index is -4.62. The topological polar surface area (TPSA) is 77.4 Å². The van der Waals surface area contributed by atoms with Crippen molar-refractivity contribution in [1.82, 2.24) is 0 Å². The zero-order valence-corrected chi connectivity index (χ0v) is 22.2. The Kier molecular flexibility index (Phi) is 22.1. The summed E-state index contributed by atoms with van der Waals surface area (Å²) in [6.45, 7) is 3.36. The Morgan fingerprint density at radius 3 is 1.19 bits per heavy atom. The Hall–Kier alpha value is 1.51. The van der Waals surface area contributed by atoms with Crippen LogP contribution < -0.4 is 51.4 Å². The first-order valence-electron chi connectivity index (χ1n) is 11.0. The summed E-state index contributed by atoms with van der Waals surface area (Å²) in [5.41, 5.74) is 0. The van der Waals surface area contributed by atoms with E-state index in [1.54, 1.807) is 0 Å². The molecule has 6 heteroatoms. The van der Waals surface area contributed by atoms with Crippen LogP contribution in [0.3, 0.4) is 0 Å². The van der Waals surface area contributed by atoms with Gasteiger partial charge in [-0.3, -0.25) is 0 Å². The number of rotatable bonds is 19. The fourth-order valence-corrected chi connectivity index (χ4v) is 3.70. The van der Waals surface area contributed by atoms with Crippen LogP contribution in [-0.2, 0) is 10.1 Å². The van der Waals surface area contributed by atoms with Crippen LogP contribution in [0.1, 0.15) is 129 Å². The van der Waals surface area contributed by atoms with Crippen LogP contribution in [-0.4, -0.2) is 23.0 Å². The molecule has 0 aliphatic heterocycles. The molecule has 4 nitrogen and oxygen atoms in total. The summed E-state index contributed by atoms with van der Waals surface area (Å²) >= 11 is 0. The standard InChI is InChI=1S/C21H44O4S.K/c1-3-4-5-6-7-8-9-10-11-12-13-14-15-16-17-18-19-20-21(2,22)26(23,24)25;/h22H,3-20H2,1-2H3,(H,23,24,25);/q;+1/p-1. The molecule has 27 heavy (non-hydrogen) atoms. The summed E-state index contributed by atoms with van der Waals surface area (Å²) in [5.74, 6) is 0. The summed E-state index contributed by atoms with van der Waals surface area (Å²) in [6.07, 6.45) is 21.4. The largest absolute Gasteiger partial charge is 1.00 e. The van der Waals surface area contributed by atoms with E-state index in [2.05, 4.69) is 6.92 Å². The zero-order valence-electron chi connectivity index (χ0n) is 18.3. The van der Waals surface area contributed by atoms with Crippen molar-refractivity contribution in [3.63, 3.8) is 0 Å². The van der Waals surface area contributed by atoms with E-state index in [9.17, 15) is 18.1 Å². The molecule has 1 unspecified atom stereocenters. The summed E-state index contributed by atoms with van der Waals surface area (Å²) < 4.78 is 32.6. The van der Waals surface area contributed by atoms with Gasteiger partial charge in [0.15, 0.2) is 4.93 Å². The van der Waals surface area contributed by atoms with Gasteiger partial charge < -0.3 is 9.66 Å². The van der Waals surface area contributed by atoms with Gasteiger partial charge in [-0.1, -0.05) is 110 Å². The van der Waals surface area contributed by atoms with E-state index in [4.69, 9.17) is 0 Å². The molecule has 0 radical (unpaired) electrons. The normalized spacial score (nSPS) is 13.9. The quantitative estimate of drug-likeness (QED) is 0.194. The molecule has 0 fully saturated rings. The van der Waals surface area contributed by atoms with E-state index in [1.165, 1.54) is 83.5 Å². The molecule has 0 aliphatic carbocycles. The Bertz CT molecular complexity index is 410. The average molecular weight is 431 g/mol. The van der Waals surface area contributed by atoms with Crippen LogP contribution in [0, 0.1) is 0 Å². The van der Waals surface area contributed by atoms with Gasteiger partial charge in [-0.05, 0) is 19.8 Å². The first kappa shape index (κ1) is 30.7. The predicted octanol–water partition coefficient (Wildman–Crippen LogP) is 3.29. The van der Waals surface area contributed by atoms with Gasteiger partial charge in [-0.2, -0.15) is 0 Å². The average Bonchev–Trinajstić information content (AvgIpc) is 2.56. The van der Waals surface area contributed by atoms with Crippen molar-refractivity contribution in [3.05, 3.63) is 0 Å². The fraction of sp³-hybridized carbons (Fsp3) is 1.00. The smallest absolute Gasteiger partial charge is 0.746 e. The number of hydrogen-bond acceptors (Lipinski definition) is 4. The van der Waals surface area contributed by atoms with Gasteiger partial charge in [0.2, 0.25) is 0 Å². The van der Waals surface area contributed by atoms with E-state index in [0.717, 1.165) is 26.2 Å². The molecule has 0 aromatic rings. The number of hydrogen-bond donors (Lipinski definition) is 1. The van der Waals surface area contributed by atoms with Crippen molar-refractivity contribution in [2.45, 2.75) is 134 Å². The van der Waals surface area contributed by atoms with Gasteiger partial charge >= 0.3 is 51.4 Å². The number of aliphatic hydroxyl groups is 1. The predicted molar refractivity (Wildman–Crippen MR) is 109 cm³/mol. The molecule has 0 spiro atoms. The molecule has 1 N–H and O–H groups in total. The van der Waals surface area contributed by atoms with Crippen molar-refractivity contribution in [3.8, 4) is 0 Å². The molecule has 1 atom stereocenters. The van der Waals surface area contributed by atoms with Crippen LogP contribution in [0.4, 0.5) is 0 Å². The molecule has 0 aromatic heterocycles. The van der Waals surface area contributed by atoms with E-state index in [0.29, 0.717) is 6.42 Å². The number of unbranched alkanes of at least 4 members (excludes halogenated alkanes) is 16. The molecular weight excluding hydrogens is 387 g/mol. The van der Waals surface area contributed by atoms with E-state index >= 15 is 0 Å². The molecule has 0 amide bonds. The molecule has 0 saturated carbocycles. The summed E-state index contributed by atoms with van der Waals surface area (Å²) in [7, 11) is -4.62. The Morgan fingerprint density at radius 1 is 0.667 bits per heavy atom. The van der Waals surface area contributed by atoms with Crippen LogP contribution in [0.5, 0.6) is 0 Å². The second-order valence-electron chi connectivity index (χ2n) is 8.04. The van der Waals surface area contributed by atoms with Crippen LogP contribution in [0.15, 0.2) is 0 Å². The molecule has 0 bridgehead atoms. The maximum atomic E-state index is 10.9. The molecule has 0 heterocycles. The summed E-state index contributed by atoms with van der Waals surface area (Å²) in [6, 6.07) is 0. The first-order valence-corrected chi connectivity index (χ1v) is 12.4. The fourth-order valence-electron chi connectivity index (χ4n) is 3.30. The van der Waals surface area contributed by atoms with Gasteiger partial charge in [0.25, 0.3) is 0 Å². The maximum Gasteiger partial charge on any atom is 1.00 e. The summed E-state index contributed by atoms with van der Waals surface area (Å²) in [5, 5.41) is 9.58. The summed E-state index contributed by atoms with van der Waals surface area (Å²) in [4.78, 5) is -2.11. The molecular formula is C21H43KO4S. The van der Waals surface area contributed by atoms with E-state index < -0.39 is 15.1 Å². The first-order chi connectivity index (χ1) is 12.3. The van der Waals surface area contributed by atoms with Crippen LogP contribution in [0.2, 0.25) is 0 Å². The third-order valence-electron chi connectivity index (χ3n) is 5.28. The SMILES string of the molecule is CCCCCCCCCCCCCCCCCCCC(C)(O)S(=O)(=O)[O-].[K+]. The van der Waals surface area contributed by atoms with Gasteiger partial charge in [-0.25, -0.2) is 8.42 Å². The third kappa shape index (κ3) is 19.2. The monoisotopic (exact) mass is 430 g/mol. The van der Waals surface area contributed by atoms with Crippen molar-refractivity contribution in [2.24, 2.45) is 0 Å². The molecule has 0 saturated heterocycles. The Labute approximate surface area is 211 Å². The van der Waals surface area contributed by atoms with E-state index in [-0.39, 0.29) is 57.8 Å². The second kappa shape index (κ2) is 19.5. The van der Waals surface area contributed by atoms with Crippen molar-refractivity contribution >= 4 is 10.1 Å². The van der Waals surface area contributed by atoms with Crippen molar-refractivity contribution < 1.29 is 69.5 Å². The van der Waals surface area contributed by atoms with Crippen LogP contribution in [0.25, 0.3) is 0 Å². The van der Waals surface area contributed by atoms with Gasteiger partial charge in [0.1, 0.15) is 10.1 Å². The Morgan fingerprint density at radius 2 is 0.926 bits per heavy atom. The molecule has 0 rings (SSSR count). The maximum absolute atomic E-state index is 10.9. The van der Waals surface area contributed by atoms with Gasteiger partial charge in [-0.15, -0.1) is 0 Å². The van der Waals surface area contributed by atoms with Crippen molar-refractivity contribution in [2.75, 3.05) is 0 Å². The van der Waals surface area contributed by atoms with Gasteiger partial charge in [0, 0.05) is 0 Å². The second-order valence-corrected chi connectivity index (χ2v) is 9.82. The minimum Gasteiger partial charge on any atom is -0.746 e. The van der Waals surface area contributed by atoms with Crippen molar-refractivity contribution in [1.29, 1.82) is 0 Å². The minimum absolute atomic E-state index is 0. The van der Waals surface area contributed by atoms with Gasteiger partial charge in [0.05, 0.1) is 0 Å². The zero-order chi connectivity index (χ0) is 19.7. The van der Waals surface area contributed by atoms with Crippen LogP contribution >= 0.6 is 0 Å². The Balaban J connectivity index is 0. The molecule has 158 valence electrons.